The van der Waals surface area contributed by atoms with Gasteiger partial charge >= 0.3 is 0 Å². The molecule has 4 aromatic rings. The lowest BCUT2D eigenvalue weighted by molar-refractivity contribution is -0.118. The third-order valence-corrected chi connectivity index (χ3v) is 6.45. The zero-order valence-electron chi connectivity index (χ0n) is 17.6. The van der Waals surface area contributed by atoms with Crippen LogP contribution in [0.3, 0.4) is 0 Å². The maximum absolute atomic E-state index is 12.5. The second-order valence-electron chi connectivity index (χ2n) is 6.71. The van der Waals surface area contributed by atoms with Crippen molar-refractivity contribution < 1.29 is 14.3 Å². The van der Waals surface area contributed by atoms with Gasteiger partial charge in [-0.25, -0.2) is 0 Å². The molecular weight excluding hydrogens is 444 g/mol. The van der Waals surface area contributed by atoms with Crippen molar-refractivity contribution in [2.24, 2.45) is 0 Å². The van der Waals surface area contributed by atoms with E-state index in [0.717, 1.165) is 21.9 Å². The van der Waals surface area contributed by atoms with Crippen molar-refractivity contribution in [1.29, 1.82) is 0 Å². The van der Waals surface area contributed by atoms with E-state index in [4.69, 9.17) is 9.47 Å². The Labute approximate surface area is 194 Å². The molecule has 0 atom stereocenters. The molecule has 1 N–H and O–H groups in total. The van der Waals surface area contributed by atoms with Crippen molar-refractivity contribution in [2.75, 3.05) is 20.0 Å². The normalized spacial score (nSPS) is 10.7. The highest BCUT2D eigenvalue weighted by molar-refractivity contribution is 7.99. The van der Waals surface area contributed by atoms with Crippen LogP contribution >= 0.6 is 23.1 Å². The zero-order chi connectivity index (χ0) is 22.3. The highest BCUT2D eigenvalue weighted by Crippen LogP contribution is 2.33. The average molecular weight is 467 g/mol. The Kier molecular flexibility index (Phi) is 7.08. The van der Waals surface area contributed by atoms with Crippen LogP contribution < -0.4 is 14.8 Å². The van der Waals surface area contributed by atoms with Gasteiger partial charge in [-0.15, -0.1) is 21.5 Å². The Morgan fingerprint density at radius 2 is 1.94 bits per heavy atom. The van der Waals surface area contributed by atoms with E-state index < -0.39 is 0 Å². The lowest BCUT2D eigenvalue weighted by atomic mass is 10.2. The van der Waals surface area contributed by atoms with E-state index in [1.807, 2.05) is 70.6 Å². The van der Waals surface area contributed by atoms with Crippen molar-refractivity contribution in [3.63, 3.8) is 0 Å². The molecule has 0 spiro atoms. The predicted octanol–water partition coefficient (Wildman–Crippen LogP) is 4.42. The molecule has 2 aromatic heterocycles. The van der Waals surface area contributed by atoms with Gasteiger partial charge in [0.1, 0.15) is 11.5 Å². The van der Waals surface area contributed by atoms with Gasteiger partial charge in [0.15, 0.2) is 11.0 Å². The summed E-state index contributed by atoms with van der Waals surface area (Å²) in [4.78, 5) is 13.5. The van der Waals surface area contributed by atoms with Crippen LogP contribution in [0.5, 0.6) is 11.5 Å². The molecule has 2 aromatic carbocycles. The lowest BCUT2D eigenvalue weighted by Gasteiger charge is -2.13. The highest BCUT2D eigenvalue weighted by Gasteiger charge is 2.20. The van der Waals surface area contributed by atoms with Gasteiger partial charge in [0.2, 0.25) is 5.91 Å². The quantitative estimate of drug-likeness (QED) is 0.368. The minimum atomic E-state index is -0.0925. The number of nitrogens with one attached hydrogen (secondary N) is 1. The van der Waals surface area contributed by atoms with E-state index in [0.29, 0.717) is 23.3 Å². The first kappa shape index (κ1) is 21.9. The molecule has 0 aliphatic carbocycles. The molecule has 0 aliphatic heterocycles. The second kappa shape index (κ2) is 10.3. The third kappa shape index (κ3) is 4.95. The Morgan fingerprint density at radius 1 is 1.06 bits per heavy atom. The van der Waals surface area contributed by atoms with Gasteiger partial charge in [-0.2, -0.15) is 0 Å². The first-order valence-corrected chi connectivity index (χ1v) is 11.7. The number of aromatic nitrogens is 3. The van der Waals surface area contributed by atoms with E-state index in [1.54, 1.807) is 25.6 Å². The number of para-hydroxylation sites is 2. The number of nitrogens with zero attached hydrogens (tertiary/aromatic N) is 3. The predicted molar refractivity (Wildman–Crippen MR) is 127 cm³/mol. The van der Waals surface area contributed by atoms with Crippen LogP contribution in [-0.4, -0.2) is 40.6 Å². The van der Waals surface area contributed by atoms with Crippen LogP contribution in [0.25, 0.3) is 16.4 Å². The Bertz CT molecular complexity index is 1190. The molecule has 164 valence electrons. The smallest absolute Gasteiger partial charge is 0.230 e. The number of rotatable bonds is 9. The Balaban J connectivity index is 1.52. The second-order valence-corrected chi connectivity index (χ2v) is 8.60. The van der Waals surface area contributed by atoms with E-state index in [1.165, 1.54) is 11.8 Å². The summed E-state index contributed by atoms with van der Waals surface area (Å²) in [7, 11) is 3.25. The molecule has 9 heteroatoms. The zero-order valence-corrected chi connectivity index (χ0v) is 19.3. The van der Waals surface area contributed by atoms with Gasteiger partial charge in [0, 0.05) is 6.54 Å². The van der Waals surface area contributed by atoms with Gasteiger partial charge in [-0.1, -0.05) is 42.1 Å². The summed E-state index contributed by atoms with van der Waals surface area (Å²) >= 11 is 2.91. The SMILES string of the molecule is COc1cccc(CNC(=O)CSc2nnc(-c3cccs3)n2-c2ccccc2OC)c1. The minimum absolute atomic E-state index is 0.0925. The largest absolute Gasteiger partial charge is 0.497 e. The molecule has 0 bridgehead atoms. The van der Waals surface area contributed by atoms with Gasteiger partial charge in [0.05, 0.1) is 30.5 Å². The van der Waals surface area contributed by atoms with Gasteiger partial charge < -0.3 is 14.8 Å². The monoisotopic (exact) mass is 466 g/mol. The van der Waals surface area contributed by atoms with Crippen LogP contribution in [0, 0.1) is 0 Å². The van der Waals surface area contributed by atoms with Gasteiger partial charge in [-0.05, 0) is 41.3 Å². The number of benzene rings is 2. The summed E-state index contributed by atoms with van der Waals surface area (Å²) in [6, 6.07) is 19.3. The molecule has 0 saturated heterocycles. The van der Waals surface area contributed by atoms with Crippen LogP contribution in [0.15, 0.2) is 71.2 Å². The molecule has 0 unspecified atom stereocenters. The first-order chi connectivity index (χ1) is 15.7. The summed E-state index contributed by atoms with van der Waals surface area (Å²) in [6.07, 6.45) is 0. The van der Waals surface area contributed by atoms with Gasteiger partial charge in [0.25, 0.3) is 0 Å². The number of methoxy groups -OCH3 is 2. The maximum Gasteiger partial charge on any atom is 0.230 e. The van der Waals surface area contributed by atoms with E-state index in [-0.39, 0.29) is 11.7 Å². The highest BCUT2D eigenvalue weighted by atomic mass is 32.2. The number of hydrogen-bond acceptors (Lipinski definition) is 7. The van der Waals surface area contributed by atoms with E-state index in [2.05, 4.69) is 15.5 Å². The van der Waals surface area contributed by atoms with E-state index in [9.17, 15) is 4.79 Å². The van der Waals surface area contributed by atoms with Crippen molar-refractivity contribution in [2.45, 2.75) is 11.7 Å². The van der Waals surface area contributed by atoms with Crippen molar-refractivity contribution in [1.82, 2.24) is 20.1 Å². The molecule has 32 heavy (non-hydrogen) atoms. The number of hydrogen-bond donors (Lipinski definition) is 1. The minimum Gasteiger partial charge on any atom is -0.497 e. The summed E-state index contributed by atoms with van der Waals surface area (Å²) < 4.78 is 12.7. The number of amides is 1. The summed E-state index contributed by atoms with van der Waals surface area (Å²) in [5, 5.41) is 14.3. The first-order valence-electron chi connectivity index (χ1n) is 9.84. The fourth-order valence-corrected chi connectivity index (χ4v) is 4.60. The van der Waals surface area contributed by atoms with Crippen molar-refractivity contribution in [3.8, 4) is 27.9 Å². The fraction of sp³-hybridized carbons (Fsp3) is 0.174. The fourth-order valence-electron chi connectivity index (χ4n) is 3.12. The Hall–Kier alpha value is -3.30. The summed E-state index contributed by atoms with van der Waals surface area (Å²) in [6.45, 7) is 0.427. The molecule has 0 radical (unpaired) electrons. The molecule has 0 saturated carbocycles. The number of thiophene rings is 1. The third-order valence-electron chi connectivity index (χ3n) is 4.66. The molecule has 1 amide bonds. The van der Waals surface area contributed by atoms with E-state index >= 15 is 0 Å². The summed E-state index contributed by atoms with van der Waals surface area (Å²) in [5.41, 5.74) is 1.79. The molecule has 2 heterocycles. The molecule has 4 rings (SSSR count). The average Bonchev–Trinajstić information content (AvgIpc) is 3.51. The number of carbonyl (C=O) groups is 1. The maximum atomic E-state index is 12.5. The number of carbonyl (C=O) groups excluding carboxylic acids is 1. The van der Waals surface area contributed by atoms with Crippen LogP contribution in [-0.2, 0) is 11.3 Å². The number of ether oxygens (including phenoxy) is 2. The summed E-state index contributed by atoms with van der Waals surface area (Å²) in [5.74, 6) is 2.29. The van der Waals surface area contributed by atoms with Gasteiger partial charge in [-0.3, -0.25) is 9.36 Å². The van der Waals surface area contributed by atoms with Crippen molar-refractivity contribution in [3.05, 3.63) is 71.6 Å². The molecular formula is C23H22N4O3S2. The van der Waals surface area contributed by atoms with Crippen molar-refractivity contribution >= 4 is 29.0 Å². The Morgan fingerprint density at radius 3 is 2.72 bits per heavy atom. The van der Waals surface area contributed by atoms with Crippen LogP contribution in [0.1, 0.15) is 5.56 Å². The number of thioether (sulfide) groups is 1. The van der Waals surface area contributed by atoms with Crippen LogP contribution in [0.4, 0.5) is 0 Å². The standard InChI is InChI=1S/C23H22N4O3S2/c1-29-17-8-5-7-16(13-17)14-24-21(28)15-32-23-26-25-22(20-11-6-12-31-20)27(23)18-9-3-4-10-19(18)30-2/h3-13H,14-15H2,1-2H3,(H,24,28). The topological polar surface area (TPSA) is 78.3 Å². The molecule has 7 nitrogen and oxygen atoms in total. The van der Waals surface area contributed by atoms with Crippen LogP contribution in [0.2, 0.25) is 0 Å². The molecule has 0 fully saturated rings. The lowest BCUT2D eigenvalue weighted by Crippen LogP contribution is -2.24. The molecule has 0 aliphatic rings.